The molecule has 1 aliphatic rings. The molecule has 1 heterocycles. The second-order valence-electron chi connectivity index (χ2n) is 3.06. The lowest BCUT2D eigenvalue weighted by Crippen LogP contribution is -2.25. The lowest BCUT2D eigenvalue weighted by Gasteiger charge is -2.19. The van der Waals surface area contributed by atoms with Gasteiger partial charge in [0.25, 0.3) is 0 Å². The molecule has 3 nitrogen and oxygen atoms in total. The van der Waals surface area contributed by atoms with Crippen molar-refractivity contribution in [2.24, 2.45) is 10.7 Å². The Hall–Kier alpha value is -1.14. The van der Waals surface area contributed by atoms with Crippen molar-refractivity contribution >= 4 is 6.21 Å². The Balaban J connectivity index is 2.51. The Morgan fingerprint density at radius 1 is 1.53 bits per heavy atom. The van der Waals surface area contributed by atoms with Crippen LogP contribution < -0.4 is 5.73 Å². The average molecular weight is 220 g/mol. The van der Waals surface area contributed by atoms with Gasteiger partial charge < -0.3 is 10.5 Å². The topological polar surface area (TPSA) is 47.6 Å². The van der Waals surface area contributed by atoms with E-state index in [-0.39, 0.29) is 6.54 Å². The maximum absolute atomic E-state index is 11.8. The smallest absolute Gasteiger partial charge is 0.343 e. The summed E-state index contributed by atoms with van der Waals surface area (Å²) in [5, 5.41) is 0. The third-order valence-electron chi connectivity index (χ3n) is 1.70. The molecule has 6 heteroatoms. The number of dihydropyridines is 1. The van der Waals surface area contributed by atoms with Gasteiger partial charge in [-0.25, -0.2) is 0 Å². The number of nitrogens with zero attached hydrogens (tertiary/aromatic N) is 1. The van der Waals surface area contributed by atoms with Crippen molar-refractivity contribution in [2.75, 3.05) is 13.2 Å². The number of ether oxygens (including phenoxy) is 1. The maximum Gasteiger partial charge on any atom is 0.411 e. The highest BCUT2D eigenvalue weighted by atomic mass is 19.4. The molecule has 0 saturated carbocycles. The Kier molecular flexibility index (Phi) is 3.65. The molecule has 0 spiro atoms. The van der Waals surface area contributed by atoms with Crippen LogP contribution in [0.1, 0.15) is 0 Å². The first-order chi connectivity index (χ1) is 6.92. The summed E-state index contributed by atoms with van der Waals surface area (Å²) in [6, 6.07) is 0. The number of nitrogens with two attached hydrogens (primary N) is 1. The fourth-order valence-electron chi connectivity index (χ4n) is 1.04. The Morgan fingerprint density at radius 2 is 2.20 bits per heavy atom. The summed E-state index contributed by atoms with van der Waals surface area (Å²) in [4.78, 5) is 3.77. The first-order valence-electron chi connectivity index (χ1n) is 4.23. The molecule has 1 unspecified atom stereocenters. The van der Waals surface area contributed by atoms with Gasteiger partial charge in [0.2, 0.25) is 0 Å². The Bertz CT molecular complexity index is 307. The number of rotatable bonds is 3. The van der Waals surface area contributed by atoms with Gasteiger partial charge >= 0.3 is 6.18 Å². The Labute approximate surface area is 85.1 Å². The highest BCUT2D eigenvalue weighted by Gasteiger charge is 2.29. The van der Waals surface area contributed by atoms with E-state index in [0.29, 0.717) is 11.1 Å². The fraction of sp³-hybridized carbons (Fsp3) is 0.444. The van der Waals surface area contributed by atoms with Gasteiger partial charge in [-0.3, -0.25) is 4.99 Å². The standard InChI is InChI=1S/C9H11F3N2O/c1-6-2-7(3-13)4-14-8(6)15-5-9(10,11)12/h2,4,8H,1,3,5,13H2. The van der Waals surface area contributed by atoms with Crippen LogP contribution in [0.25, 0.3) is 0 Å². The number of aliphatic imine (C=N–C) groups is 1. The zero-order valence-electron chi connectivity index (χ0n) is 7.92. The molecule has 0 saturated heterocycles. The number of hydrogen-bond acceptors (Lipinski definition) is 3. The second-order valence-corrected chi connectivity index (χ2v) is 3.06. The fourth-order valence-corrected chi connectivity index (χ4v) is 1.04. The van der Waals surface area contributed by atoms with Crippen molar-refractivity contribution in [1.29, 1.82) is 0 Å². The van der Waals surface area contributed by atoms with Gasteiger partial charge in [0.15, 0.2) is 6.23 Å². The molecule has 0 amide bonds. The quantitative estimate of drug-likeness (QED) is 0.781. The molecule has 0 aromatic carbocycles. The summed E-state index contributed by atoms with van der Waals surface area (Å²) in [5.74, 6) is 0. The number of hydrogen-bond donors (Lipinski definition) is 1. The van der Waals surface area contributed by atoms with Crippen molar-refractivity contribution in [1.82, 2.24) is 0 Å². The lowest BCUT2D eigenvalue weighted by atomic mass is 10.1. The molecule has 1 rings (SSSR count). The second kappa shape index (κ2) is 4.59. The van der Waals surface area contributed by atoms with E-state index in [1.54, 1.807) is 6.08 Å². The van der Waals surface area contributed by atoms with Crippen LogP contribution in [0.2, 0.25) is 0 Å². The van der Waals surface area contributed by atoms with Crippen molar-refractivity contribution in [3.05, 3.63) is 23.8 Å². The van der Waals surface area contributed by atoms with Crippen molar-refractivity contribution < 1.29 is 17.9 Å². The number of alkyl halides is 3. The van der Waals surface area contributed by atoms with Crippen LogP contribution in [-0.2, 0) is 4.74 Å². The molecule has 0 bridgehead atoms. The minimum absolute atomic E-state index is 0.272. The molecule has 2 N–H and O–H groups in total. The van der Waals surface area contributed by atoms with E-state index in [1.807, 2.05) is 0 Å². The predicted octanol–water partition coefficient (Wildman–Crippen LogP) is 1.42. The van der Waals surface area contributed by atoms with Gasteiger partial charge in [0.05, 0.1) is 0 Å². The SMILES string of the molecule is C=C1C=C(CN)C=NC1OCC(F)(F)F. The minimum Gasteiger partial charge on any atom is -0.343 e. The van der Waals surface area contributed by atoms with E-state index in [1.165, 1.54) is 6.21 Å². The highest BCUT2D eigenvalue weighted by molar-refractivity contribution is 5.81. The summed E-state index contributed by atoms with van der Waals surface area (Å²) in [6.07, 6.45) is -2.33. The zero-order chi connectivity index (χ0) is 11.5. The highest BCUT2D eigenvalue weighted by Crippen LogP contribution is 2.20. The molecule has 1 atom stereocenters. The largest absolute Gasteiger partial charge is 0.411 e. The first-order valence-corrected chi connectivity index (χ1v) is 4.23. The van der Waals surface area contributed by atoms with E-state index in [0.717, 1.165) is 0 Å². The van der Waals surface area contributed by atoms with Crippen molar-refractivity contribution in [3.8, 4) is 0 Å². The third kappa shape index (κ3) is 3.85. The van der Waals surface area contributed by atoms with E-state index in [9.17, 15) is 13.2 Å². The van der Waals surface area contributed by atoms with Gasteiger partial charge in [-0.15, -0.1) is 0 Å². The summed E-state index contributed by atoms with van der Waals surface area (Å²) < 4.78 is 40.1. The van der Waals surface area contributed by atoms with Crippen LogP contribution in [0, 0.1) is 0 Å². The molecule has 0 aromatic rings. The molecular formula is C9H11F3N2O. The lowest BCUT2D eigenvalue weighted by molar-refractivity contribution is -0.180. The molecule has 0 aromatic heterocycles. The normalized spacial score (nSPS) is 21.7. The summed E-state index contributed by atoms with van der Waals surface area (Å²) >= 11 is 0. The van der Waals surface area contributed by atoms with Gasteiger partial charge in [0.1, 0.15) is 6.61 Å². The van der Waals surface area contributed by atoms with Crippen LogP contribution in [0.15, 0.2) is 28.8 Å². The van der Waals surface area contributed by atoms with Gasteiger partial charge in [0, 0.05) is 12.8 Å². The maximum atomic E-state index is 11.8. The Morgan fingerprint density at radius 3 is 2.67 bits per heavy atom. The van der Waals surface area contributed by atoms with Crippen molar-refractivity contribution in [2.45, 2.75) is 12.4 Å². The van der Waals surface area contributed by atoms with Crippen LogP contribution >= 0.6 is 0 Å². The van der Waals surface area contributed by atoms with E-state index in [4.69, 9.17) is 5.73 Å². The summed E-state index contributed by atoms with van der Waals surface area (Å²) in [5.41, 5.74) is 6.42. The molecule has 15 heavy (non-hydrogen) atoms. The average Bonchev–Trinajstić information content (AvgIpc) is 2.14. The molecule has 0 aliphatic carbocycles. The van der Waals surface area contributed by atoms with Crippen LogP contribution in [0.3, 0.4) is 0 Å². The van der Waals surface area contributed by atoms with E-state index in [2.05, 4.69) is 16.3 Å². The summed E-state index contributed by atoms with van der Waals surface area (Å²) in [6.45, 7) is 2.50. The van der Waals surface area contributed by atoms with Crippen LogP contribution in [0.4, 0.5) is 13.2 Å². The van der Waals surface area contributed by atoms with Crippen LogP contribution in [0.5, 0.6) is 0 Å². The molecule has 0 radical (unpaired) electrons. The summed E-state index contributed by atoms with van der Waals surface area (Å²) in [7, 11) is 0. The molecular weight excluding hydrogens is 209 g/mol. The van der Waals surface area contributed by atoms with Crippen molar-refractivity contribution in [3.63, 3.8) is 0 Å². The zero-order valence-corrected chi connectivity index (χ0v) is 7.92. The van der Waals surface area contributed by atoms with Gasteiger partial charge in [-0.2, -0.15) is 13.2 Å². The molecule has 1 aliphatic heterocycles. The van der Waals surface area contributed by atoms with Crippen LogP contribution in [-0.4, -0.2) is 31.8 Å². The minimum atomic E-state index is -4.35. The number of halogens is 3. The molecule has 0 fully saturated rings. The van der Waals surface area contributed by atoms with Gasteiger partial charge in [-0.05, 0) is 17.2 Å². The van der Waals surface area contributed by atoms with E-state index >= 15 is 0 Å². The predicted molar refractivity (Wildman–Crippen MR) is 50.6 cm³/mol. The van der Waals surface area contributed by atoms with Gasteiger partial charge in [-0.1, -0.05) is 6.58 Å². The monoisotopic (exact) mass is 220 g/mol. The molecule has 84 valence electrons. The van der Waals surface area contributed by atoms with E-state index < -0.39 is 19.0 Å². The first kappa shape index (κ1) is 11.9. The third-order valence-corrected chi connectivity index (χ3v) is 1.70.